The van der Waals surface area contributed by atoms with Crippen molar-refractivity contribution in [2.75, 3.05) is 0 Å². The Bertz CT molecular complexity index is 631. The van der Waals surface area contributed by atoms with Crippen LogP contribution in [0.2, 0.25) is 0 Å². The third-order valence-electron chi connectivity index (χ3n) is 3.15. The average Bonchev–Trinajstić information content (AvgIpc) is 2.44. The summed E-state index contributed by atoms with van der Waals surface area (Å²) < 4.78 is 8.84. The Hall–Kier alpha value is -0.360. The van der Waals surface area contributed by atoms with Gasteiger partial charge in [-0.2, -0.15) is 0 Å². The molecule has 0 amide bonds. The van der Waals surface area contributed by atoms with Crippen LogP contribution in [0, 0.1) is 0 Å². The van der Waals surface area contributed by atoms with Crippen molar-refractivity contribution >= 4 is 47.8 Å². The third-order valence-corrected chi connectivity index (χ3v) is 5.00. The van der Waals surface area contributed by atoms with Crippen LogP contribution in [0.4, 0.5) is 0 Å². The molecular formula is C16H16Br3NO. The molecule has 0 bridgehead atoms. The molecular weight excluding hydrogens is 462 g/mol. The fourth-order valence-corrected chi connectivity index (χ4v) is 3.52. The molecule has 0 aliphatic rings. The van der Waals surface area contributed by atoms with Crippen molar-refractivity contribution in [1.29, 1.82) is 0 Å². The first-order chi connectivity index (χ1) is 9.99. The van der Waals surface area contributed by atoms with Crippen LogP contribution in [-0.4, -0.2) is 6.04 Å². The second-order valence-electron chi connectivity index (χ2n) is 4.80. The van der Waals surface area contributed by atoms with Gasteiger partial charge in [0.25, 0.3) is 0 Å². The van der Waals surface area contributed by atoms with Gasteiger partial charge in [-0.25, -0.2) is 0 Å². The maximum Gasteiger partial charge on any atom is 0.141 e. The molecule has 0 aromatic heterocycles. The molecule has 5 heteroatoms. The molecule has 0 heterocycles. The van der Waals surface area contributed by atoms with E-state index in [0.717, 1.165) is 37.8 Å². The molecule has 2 aromatic carbocycles. The second kappa shape index (κ2) is 7.77. The summed E-state index contributed by atoms with van der Waals surface area (Å²) in [4.78, 5) is 0. The molecule has 2 rings (SSSR count). The highest BCUT2D eigenvalue weighted by molar-refractivity contribution is 9.11. The van der Waals surface area contributed by atoms with Crippen LogP contribution >= 0.6 is 47.8 Å². The van der Waals surface area contributed by atoms with E-state index in [2.05, 4.69) is 60.8 Å². The molecule has 1 unspecified atom stereocenters. The molecule has 112 valence electrons. The lowest BCUT2D eigenvalue weighted by Crippen LogP contribution is -2.21. The van der Waals surface area contributed by atoms with Crippen molar-refractivity contribution < 1.29 is 4.74 Å². The molecule has 0 aliphatic heterocycles. The molecule has 2 nitrogen and oxygen atoms in total. The fourth-order valence-electron chi connectivity index (χ4n) is 1.87. The molecule has 0 fully saturated rings. The monoisotopic (exact) mass is 475 g/mol. The smallest absolute Gasteiger partial charge is 0.141 e. The number of nitrogens with two attached hydrogens (primary N) is 1. The van der Waals surface area contributed by atoms with Gasteiger partial charge < -0.3 is 10.5 Å². The van der Waals surface area contributed by atoms with E-state index in [0.29, 0.717) is 0 Å². The summed E-state index contributed by atoms with van der Waals surface area (Å²) in [5.41, 5.74) is 7.21. The number of hydrogen-bond donors (Lipinski definition) is 1. The highest BCUT2D eigenvalue weighted by Gasteiger charge is 2.08. The number of hydrogen-bond acceptors (Lipinski definition) is 2. The first-order valence-corrected chi connectivity index (χ1v) is 9.04. The number of halogens is 3. The maximum atomic E-state index is 6.01. The van der Waals surface area contributed by atoms with Gasteiger partial charge in [0.2, 0.25) is 0 Å². The van der Waals surface area contributed by atoms with Gasteiger partial charge in [0.1, 0.15) is 11.5 Å². The van der Waals surface area contributed by atoms with Crippen molar-refractivity contribution in [2.45, 2.75) is 25.8 Å². The molecule has 2 N–H and O–H groups in total. The minimum absolute atomic E-state index is 0.189. The molecule has 0 saturated heterocycles. The first kappa shape index (κ1) is 17.0. The van der Waals surface area contributed by atoms with Crippen molar-refractivity contribution in [2.24, 2.45) is 5.73 Å². The quantitative estimate of drug-likeness (QED) is 0.569. The zero-order chi connectivity index (χ0) is 15.4. The van der Waals surface area contributed by atoms with Gasteiger partial charge in [-0.3, -0.25) is 0 Å². The van der Waals surface area contributed by atoms with Crippen molar-refractivity contribution in [1.82, 2.24) is 0 Å². The summed E-state index contributed by atoms with van der Waals surface area (Å²) >= 11 is 10.5. The number of ether oxygens (including phenoxy) is 1. The lowest BCUT2D eigenvalue weighted by molar-refractivity contribution is 0.478. The van der Waals surface area contributed by atoms with E-state index in [4.69, 9.17) is 10.5 Å². The summed E-state index contributed by atoms with van der Waals surface area (Å²) in [5.74, 6) is 1.57. The lowest BCUT2D eigenvalue weighted by Gasteiger charge is -2.13. The minimum atomic E-state index is 0.189. The van der Waals surface area contributed by atoms with Crippen LogP contribution in [0.1, 0.15) is 18.9 Å². The van der Waals surface area contributed by atoms with E-state index in [1.54, 1.807) is 0 Å². The van der Waals surface area contributed by atoms with Crippen molar-refractivity contribution in [3.05, 3.63) is 55.4 Å². The predicted molar refractivity (Wildman–Crippen MR) is 98.0 cm³/mol. The Morgan fingerprint density at radius 1 is 1.05 bits per heavy atom. The van der Waals surface area contributed by atoms with Gasteiger partial charge in [-0.15, -0.1) is 0 Å². The largest absolute Gasteiger partial charge is 0.456 e. The SMILES string of the molecule is CCC(N)Cc1ccc(Oc2ccc(Br)cc2Br)cc1Br. The Morgan fingerprint density at radius 3 is 2.43 bits per heavy atom. The molecule has 0 spiro atoms. The Balaban J connectivity index is 2.16. The molecule has 0 radical (unpaired) electrons. The van der Waals surface area contributed by atoms with E-state index in [-0.39, 0.29) is 6.04 Å². The summed E-state index contributed by atoms with van der Waals surface area (Å²) in [6, 6.07) is 12.0. The van der Waals surface area contributed by atoms with Gasteiger partial charge in [0.05, 0.1) is 4.47 Å². The standard InChI is InChI=1S/C16H16Br3NO/c1-2-12(20)7-10-3-5-13(9-14(10)18)21-16-6-4-11(17)8-15(16)19/h3-6,8-9,12H,2,7,20H2,1H3. The van der Waals surface area contributed by atoms with E-state index >= 15 is 0 Å². The fraction of sp³-hybridized carbons (Fsp3) is 0.250. The maximum absolute atomic E-state index is 6.01. The van der Waals surface area contributed by atoms with Crippen LogP contribution in [0.25, 0.3) is 0 Å². The van der Waals surface area contributed by atoms with Crippen molar-refractivity contribution in [3.8, 4) is 11.5 Å². The normalized spacial score (nSPS) is 12.2. The van der Waals surface area contributed by atoms with E-state index in [1.807, 2.05) is 30.3 Å². The molecule has 2 aromatic rings. The number of rotatable bonds is 5. The summed E-state index contributed by atoms with van der Waals surface area (Å²) in [7, 11) is 0. The van der Waals surface area contributed by atoms with Crippen LogP contribution in [0.15, 0.2) is 49.8 Å². The predicted octanol–water partition coefficient (Wildman–Crippen LogP) is 6.05. The minimum Gasteiger partial charge on any atom is -0.456 e. The van der Waals surface area contributed by atoms with Crippen LogP contribution in [-0.2, 0) is 6.42 Å². The topological polar surface area (TPSA) is 35.2 Å². The zero-order valence-corrected chi connectivity index (χ0v) is 16.3. The average molecular weight is 478 g/mol. The van der Waals surface area contributed by atoms with Gasteiger partial charge >= 0.3 is 0 Å². The third kappa shape index (κ3) is 4.81. The van der Waals surface area contributed by atoms with Gasteiger partial charge in [0.15, 0.2) is 0 Å². The Kier molecular flexibility index (Phi) is 6.29. The van der Waals surface area contributed by atoms with E-state index < -0.39 is 0 Å². The van der Waals surface area contributed by atoms with E-state index in [1.165, 1.54) is 5.56 Å². The lowest BCUT2D eigenvalue weighted by atomic mass is 10.0. The second-order valence-corrected chi connectivity index (χ2v) is 7.43. The molecule has 0 saturated carbocycles. The summed E-state index contributed by atoms with van der Waals surface area (Å²) in [5, 5.41) is 0. The van der Waals surface area contributed by atoms with Crippen LogP contribution in [0.3, 0.4) is 0 Å². The van der Waals surface area contributed by atoms with Crippen molar-refractivity contribution in [3.63, 3.8) is 0 Å². The molecule has 1 atom stereocenters. The molecule has 21 heavy (non-hydrogen) atoms. The summed E-state index contributed by atoms with van der Waals surface area (Å²) in [6.07, 6.45) is 1.83. The van der Waals surface area contributed by atoms with Crippen LogP contribution < -0.4 is 10.5 Å². The van der Waals surface area contributed by atoms with Gasteiger partial charge in [-0.05, 0) is 64.7 Å². The summed E-state index contributed by atoms with van der Waals surface area (Å²) in [6.45, 7) is 2.10. The first-order valence-electron chi connectivity index (χ1n) is 6.66. The molecule has 0 aliphatic carbocycles. The van der Waals surface area contributed by atoms with Crippen LogP contribution in [0.5, 0.6) is 11.5 Å². The highest BCUT2D eigenvalue weighted by atomic mass is 79.9. The highest BCUT2D eigenvalue weighted by Crippen LogP contribution is 2.33. The van der Waals surface area contributed by atoms with Gasteiger partial charge in [0, 0.05) is 15.0 Å². The zero-order valence-electron chi connectivity index (χ0n) is 11.6. The van der Waals surface area contributed by atoms with E-state index in [9.17, 15) is 0 Å². The Morgan fingerprint density at radius 2 is 1.81 bits per heavy atom. The van der Waals surface area contributed by atoms with Gasteiger partial charge in [-0.1, -0.05) is 44.8 Å². The Labute approximate surface area is 150 Å². The number of benzene rings is 2.